The summed E-state index contributed by atoms with van der Waals surface area (Å²) in [6.45, 7) is 4.37. The first kappa shape index (κ1) is 9.76. The Balaban J connectivity index is 2.88. The third-order valence-electron chi connectivity index (χ3n) is 1.42. The molecule has 0 bridgehead atoms. The van der Waals surface area contributed by atoms with Crippen LogP contribution < -0.4 is 0 Å². The molecule has 1 atom stereocenters. The molecule has 0 rings (SSSR count). The Kier molecular flexibility index (Phi) is 7.45. The predicted molar refractivity (Wildman–Crippen MR) is 40.4 cm³/mol. The molecule has 0 fully saturated rings. The molecule has 3 radical (unpaired) electrons. The zero-order valence-corrected chi connectivity index (χ0v) is 9.17. The molecule has 9 heavy (non-hydrogen) atoms. The molecule has 1 unspecified atom stereocenters. The van der Waals surface area contributed by atoms with Crippen molar-refractivity contribution in [1.29, 1.82) is 0 Å². The van der Waals surface area contributed by atoms with Crippen LogP contribution >= 0.6 is 0 Å². The number of hydrogen-bond donors (Lipinski definition) is 0. The molecular formula is C7H15OSn. The van der Waals surface area contributed by atoms with Crippen LogP contribution in [0.15, 0.2) is 0 Å². The fourth-order valence-corrected chi connectivity index (χ4v) is 1.08. The van der Waals surface area contributed by atoms with Crippen LogP contribution in [0, 0.1) is 0 Å². The van der Waals surface area contributed by atoms with Crippen LogP contribution in [0.3, 0.4) is 0 Å². The quantitative estimate of drug-likeness (QED) is 0.522. The van der Waals surface area contributed by atoms with E-state index in [1.807, 2.05) is 0 Å². The molecule has 0 aliphatic carbocycles. The molecule has 0 aromatic rings. The van der Waals surface area contributed by atoms with Crippen molar-refractivity contribution in [2.75, 3.05) is 0 Å². The number of hydrogen-bond acceptors (Lipinski definition) is 1. The van der Waals surface area contributed by atoms with Crippen molar-refractivity contribution in [3.63, 3.8) is 0 Å². The van der Waals surface area contributed by atoms with Gasteiger partial charge in [-0.15, -0.1) is 0 Å². The Morgan fingerprint density at radius 2 is 2.11 bits per heavy atom. The van der Waals surface area contributed by atoms with Gasteiger partial charge < -0.3 is 0 Å². The minimum atomic E-state index is 0.495. The Labute approximate surface area is 71.8 Å². The fourth-order valence-electron chi connectivity index (χ4n) is 0.741. The molecule has 0 aromatic carbocycles. The van der Waals surface area contributed by atoms with Crippen LogP contribution in [0.1, 0.15) is 39.5 Å². The van der Waals surface area contributed by atoms with E-state index < -0.39 is 0 Å². The van der Waals surface area contributed by atoms with Crippen LogP contribution in [0.5, 0.6) is 0 Å². The molecule has 0 saturated heterocycles. The average molecular weight is 234 g/mol. The SMILES string of the molecule is CCCCCC(C)[O][Sn]. The van der Waals surface area contributed by atoms with Gasteiger partial charge in [0.05, 0.1) is 0 Å². The van der Waals surface area contributed by atoms with Crippen molar-refractivity contribution in [2.24, 2.45) is 0 Å². The van der Waals surface area contributed by atoms with Gasteiger partial charge >= 0.3 is 71.6 Å². The van der Waals surface area contributed by atoms with E-state index in [9.17, 15) is 0 Å². The molecule has 0 heterocycles. The molecule has 53 valence electrons. The summed E-state index contributed by atoms with van der Waals surface area (Å²) in [4.78, 5) is 0. The van der Waals surface area contributed by atoms with Crippen molar-refractivity contribution in [3.05, 3.63) is 0 Å². The van der Waals surface area contributed by atoms with Crippen molar-refractivity contribution >= 4 is 22.9 Å². The van der Waals surface area contributed by atoms with Gasteiger partial charge in [0.1, 0.15) is 0 Å². The summed E-state index contributed by atoms with van der Waals surface area (Å²) in [6.07, 6.45) is 5.72. The summed E-state index contributed by atoms with van der Waals surface area (Å²) in [7, 11) is 0. The molecule has 2 heteroatoms. The summed E-state index contributed by atoms with van der Waals surface area (Å²) in [5.41, 5.74) is 0. The van der Waals surface area contributed by atoms with E-state index in [0.29, 0.717) is 6.10 Å². The summed E-state index contributed by atoms with van der Waals surface area (Å²) >= 11 is 1.20. The monoisotopic (exact) mass is 235 g/mol. The predicted octanol–water partition coefficient (Wildman–Crippen LogP) is 2.06. The van der Waals surface area contributed by atoms with E-state index in [-0.39, 0.29) is 0 Å². The summed E-state index contributed by atoms with van der Waals surface area (Å²) in [5.74, 6) is 0. The first-order chi connectivity index (χ1) is 4.31. The number of rotatable bonds is 5. The van der Waals surface area contributed by atoms with Crippen LogP contribution in [-0.2, 0) is 3.07 Å². The fraction of sp³-hybridized carbons (Fsp3) is 1.00. The molecular weight excluding hydrogens is 219 g/mol. The van der Waals surface area contributed by atoms with Crippen LogP contribution in [0.4, 0.5) is 0 Å². The molecule has 0 spiro atoms. The molecule has 0 aliphatic rings. The molecule has 0 amide bonds. The zero-order valence-electron chi connectivity index (χ0n) is 6.31. The minimum absolute atomic E-state index is 0.495. The van der Waals surface area contributed by atoms with Crippen LogP contribution in [0.25, 0.3) is 0 Å². The van der Waals surface area contributed by atoms with Gasteiger partial charge in [-0.25, -0.2) is 0 Å². The van der Waals surface area contributed by atoms with Gasteiger partial charge in [-0.3, -0.25) is 0 Å². The molecule has 0 saturated carbocycles. The van der Waals surface area contributed by atoms with E-state index in [2.05, 4.69) is 13.8 Å². The molecule has 0 aliphatic heterocycles. The Morgan fingerprint density at radius 3 is 2.56 bits per heavy atom. The van der Waals surface area contributed by atoms with E-state index >= 15 is 0 Å². The topological polar surface area (TPSA) is 9.23 Å². The Bertz CT molecular complexity index is 56.9. The number of unbranched alkanes of at least 4 members (excludes halogenated alkanes) is 2. The third-order valence-corrected chi connectivity index (χ3v) is 2.56. The van der Waals surface area contributed by atoms with Gasteiger partial charge in [-0.05, 0) is 0 Å². The maximum atomic E-state index is 5.19. The van der Waals surface area contributed by atoms with Gasteiger partial charge in [0.25, 0.3) is 0 Å². The van der Waals surface area contributed by atoms with Crippen molar-refractivity contribution in [2.45, 2.75) is 45.6 Å². The average Bonchev–Trinajstić information content (AvgIpc) is 1.89. The van der Waals surface area contributed by atoms with Crippen molar-refractivity contribution in [1.82, 2.24) is 0 Å². The second-order valence-electron chi connectivity index (χ2n) is 2.42. The van der Waals surface area contributed by atoms with Crippen LogP contribution in [-0.4, -0.2) is 29.0 Å². The van der Waals surface area contributed by atoms with E-state index in [1.54, 1.807) is 0 Å². The van der Waals surface area contributed by atoms with Gasteiger partial charge in [0.15, 0.2) is 0 Å². The van der Waals surface area contributed by atoms with Crippen molar-refractivity contribution < 1.29 is 3.07 Å². The van der Waals surface area contributed by atoms with Gasteiger partial charge in [-0.1, -0.05) is 0 Å². The molecule has 0 aromatic heterocycles. The van der Waals surface area contributed by atoms with Gasteiger partial charge in [0.2, 0.25) is 0 Å². The normalized spacial score (nSPS) is 13.7. The second-order valence-corrected chi connectivity index (χ2v) is 3.10. The van der Waals surface area contributed by atoms with E-state index in [4.69, 9.17) is 3.07 Å². The van der Waals surface area contributed by atoms with Crippen molar-refractivity contribution in [3.8, 4) is 0 Å². The zero-order chi connectivity index (χ0) is 7.11. The van der Waals surface area contributed by atoms with Gasteiger partial charge in [0, 0.05) is 0 Å². The summed E-state index contributed by atoms with van der Waals surface area (Å²) in [6, 6.07) is 0. The Hall–Kier alpha value is 0.759. The maximum absolute atomic E-state index is 5.19. The molecule has 0 N–H and O–H groups in total. The third kappa shape index (κ3) is 6.65. The van der Waals surface area contributed by atoms with Crippen LogP contribution in [0.2, 0.25) is 0 Å². The standard InChI is InChI=1S/C7H15O.Sn/c1-3-4-5-6-7(2)8;/h7H,3-6H2,1-2H3;/q-1;+1. The second kappa shape index (κ2) is 6.87. The first-order valence-corrected chi connectivity index (χ1v) is 4.80. The summed E-state index contributed by atoms with van der Waals surface area (Å²) < 4.78 is 5.19. The Morgan fingerprint density at radius 1 is 1.44 bits per heavy atom. The van der Waals surface area contributed by atoms with E-state index in [1.165, 1.54) is 48.6 Å². The van der Waals surface area contributed by atoms with E-state index in [0.717, 1.165) is 0 Å². The summed E-state index contributed by atoms with van der Waals surface area (Å²) in [5, 5.41) is 0. The molecule has 1 nitrogen and oxygen atoms in total. The van der Waals surface area contributed by atoms with Gasteiger partial charge in [-0.2, -0.15) is 0 Å². The first-order valence-electron chi connectivity index (χ1n) is 3.63.